The Kier molecular flexibility index (Phi) is 4.03. The lowest BCUT2D eigenvalue weighted by Crippen LogP contribution is -2.12. The van der Waals surface area contributed by atoms with Gasteiger partial charge in [0.25, 0.3) is 0 Å². The van der Waals surface area contributed by atoms with Gasteiger partial charge in [0.15, 0.2) is 0 Å². The van der Waals surface area contributed by atoms with Gasteiger partial charge in [-0.1, -0.05) is 12.1 Å². The Morgan fingerprint density at radius 1 is 0.700 bits per heavy atom. The molecule has 0 aliphatic heterocycles. The highest BCUT2D eigenvalue weighted by molar-refractivity contribution is 5.74. The molecule has 0 bridgehead atoms. The van der Waals surface area contributed by atoms with Crippen molar-refractivity contribution < 1.29 is 0 Å². The van der Waals surface area contributed by atoms with E-state index in [1.165, 1.54) is 33.6 Å². The van der Waals surface area contributed by atoms with Crippen molar-refractivity contribution in [1.29, 1.82) is 0 Å². The van der Waals surface area contributed by atoms with Crippen LogP contribution >= 0.6 is 0 Å². The van der Waals surface area contributed by atoms with Gasteiger partial charge in [-0.3, -0.25) is 0 Å². The zero-order chi connectivity index (χ0) is 14.9. The molecule has 2 heteroatoms. The van der Waals surface area contributed by atoms with Crippen molar-refractivity contribution in [2.24, 2.45) is 0 Å². The minimum Gasteiger partial charge on any atom is -0.378 e. The molecule has 0 N–H and O–H groups in total. The van der Waals surface area contributed by atoms with Crippen LogP contribution in [0.15, 0.2) is 36.4 Å². The van der Waals surface area contributed by atoms with E-state index in [0.29, 0.717) is 0 Å². The highest BCUT2D eigenvalue weighted by Crippen LogP contribution is 2.31. The monoisotopic (exact) mass is 268 g/mol. The molecule has 0 atom stereocenters. The fourth-order valence-corrected chi connectivity index (χ4v) is 2.79. The Bertz CT molecular complexity index is 590. The number of nitrogens with zero attached hydrogens (tertiary/aromatic N) is 2. The normalized spacial score (nSPS) is 10.5. The second kappa shape index (κ2) is 5.58. The van der Waals surface area contributed by atoms with E-state index in [2.05, 4.69) is 88.2 Å². The van der Waals surface area contributed by atoms with Gasteiger partial charge in [0.1, 0.15) is 0 Å². The highest BCUT2D eigenvalue weighted by atomic mass is 15.1. The van der Waals surface area contributed by atoms with E-state index in [4.69, 9.17) is 0 Å². The Labute approximate surface area is 122 Å². The minimum absolute atomic E-state index is 1.23. The molecule has 2 aromatic rings. The van der Waals surface area contributed by atoms with Crippen molar-refractivity contribution in [2.45, 2.75) is 13.8 Å². The number of aryl methyl sites for hydroxylation is 2. The first-order valence-corrected chi connectivity index (χ1v) is 6.96. The standard InChI is InChI=1S/C18H24N2/c1-13-10-16(11-14(2)18(13)20(5)6)15-8-7-9-17(12-15)19(3)4/h7-12H,1-6H3. The average molecular weight is 268 g/mol. The van der Waals surface area contributed by atoms with E-state index >= 15 is 0 Å². The van der Waals surface area contributed by atoms with Crippen LogP contribution < -0.4 is 9.80 Å². The first-order valence-electron chi connectivity index (χ1n) is 6.96. The second-order valence-corrected chi connectivity index (χ2v) is 5.80. The summed E-state index contributed by atoms with van der Waals surface area (Å²) in [5.41, 5.74) is 7.74. The quantitative estimate of drug-likeness (QED) is 0.827. The van der Waals surface area contributed by atoms with Crippen molar-refractivity contribution in [3.63, 3.8) is 0 Å². The molecular formula is C18H24N2. The maximum atomic E-state index is 2.27. The van der Waals surface area contributed by atoms with Crippen molar-refractivity contribution in [3.05, 3.63) is 47.5 Å². The fraction of sp³-hybridized carbons (Fsp3) is 0.333. The van der Waals surface area contributed by atoms with Crippen molar-refractivity contribution >= 4 is 11.4 Å². The van der Waals surface area contributed by atoms with Crippen LogP contribution in [0.25, 0.3) is 11.1 Å². The average Bonchev–Trinajstić information content (AvgIpc) is 2.37. The summed E-state index contributed by atoms with van der Waals surface area (Å²) in [6.45, 7) is 4.36. The molecule has 20 heavy (non-hydrogen) atoms. The Hall–Kier alpha value is -1.96. The summed E-state index contributed by atoms with van der Waals surface area (Å²) in [6.07, 6.45) is 0. The molecule has 0 saturated heterocycles. The maximum Gasteiger partial charge on any atom is 0.0420 e. The van der Waals surface area contributed by atoms with Gasteiger partial charge in [0.2, 0.25) is 0 Å². The van der Waals surface area contributed by atoms with E-state index < -0.39 is 0 Å². The first-order chi connectivity index (χ1) is 9.40. The summed E-state index contributed by atoms with van der Waals surface area (Å²) < 4.78 is 0. The summed E-state index contributed by atoms with van der Waals surface area (Å²) >= 11 is 0. The summed E-state index contributed by atoms with van der Waals surface area (Å²) in [7, 11) is 8.35. The van der Waals surface area contributed by atoms with E-state index in [1.54, 1.807) is 0 Å². The van der Waals surface area contributed by atoms with Crippen LogP contribution in [0.3, 0.4) is 0 Å². The lowest BCUT2D eigenvalue weighted by atomic mass is 9.98. The van der Waals surface area contributed by atoms with Gasteiger partial charge < -0.3 is 9.80 Å². The molecule has 0 amide bonds. The molecule has 2 nitrogen and oxygen atoms in total. The van der Waals surface area contributed by atoms with Gasteiger partial charge in [-0.15, -0.1) is 0 Å². The van der Waals surface area contributed by atoms with Gasteiger partial charge in [-0.2, -0.15) is 0 Å². The molecule has 0 heterocycles. The molecule has 0 aliphatic rings. The van der Waals surface area contributed by atoms with E-state index in [1.807, 2.05) is 0 Å². The number of benzene rings is 2. The molecule has 0 unspecified atom stereocenters. The van der Waals surface area contributed by atoms with Crippen LogP contribution in [-0.2, 0) is 0 Å². The van der Waals surface area contributed by atoms with Crippen LogP contribution in [0.1, 0.15) is 11.1 Å². The predicted octanol–water partition coefficient (Wildman–Crippen LogP) is 4.10. The number of hydrogen-bond donors (Lipinski definition) is 0. The Morgan fingerprint density at radius 2 is 1.30 bits per heavy atom. The molecule has 0 fully saturated rings. The van der Waals surface area contributed by atoms with Crippen molar-refractivity contribution in [1.82, 2.24) is 0 Å². The summed E-state index contributed by atoms with van der Waals surface area (Å²) in [6, 6.07) is 13.2. The molecule has 0 saturated carbocycles. The van der Waals surface area contributed by atoms with Gasteiger partial charge in [-0.05, 0) is 60.4 Å². The second-order valence-electron chi connectivity index (χ2n) is 5.80. The predicted molar refractivity (Wildman–Crippen MR) is 90.0 cm³/mol. The molecule has 2 aromatic carbocycles. The largest absolute Gasteiger partial charge is 0.378 e. The van der Waals surface area contributed by atoms with E-state index in [9.17, 15) is 0 Å². The highest BCUT2D eigenvalue weighted by Gasteiger charge is 2.08. The summed E-state index contributed by atoms with van der Waals surface area (Å²) in [5.74, 6) is 0. The number of rotatable bonds is 3. The first kappa shape index (κ1) is 14.4. The SMILES string of the molecule is Cc1cc(-c2cccc(N(C)C)c2)cc(C)c1N(C)C. The fourth-order valence-electron chi connectivity index (χ4n) is 2.79. The van der Waals surface area contributed by atoms with Crippen LogP contribution in [-0.4, -0.2) is 28.2 Å². The van der Waals surface area contributed by atoms with Crippen molar-refractivity contribution in [3.8, 4) is 11.1 Å². The van der Waals surface area contributed by atoms with Gasteiger partial charge in [-0.25, -0.2) is 0 Å². The lowest BCUT2D eigenvalue weighted by Gasteiger charge is -2.20. The van der Waals surface area contributed by atoms with Crippen LogP contribution in [0.5, 0.6) is 0 Å². The third-order valence-electron chi connectivity index (χ3n) is 3.63. The molecule has 0 aromatic heterocycles. The Balaban J connectivity index is 2.51. The van der Waals surface area contributed by atoms with Crippen molar-refractivity contribution in [2.75, 3.05) is 38.0 Å². The third-order valence-corrected chi connectivity index (χ3v) is 3.63. The lowest BCUT2D eigenvalue weighted by molar-refractivity contribution is 1.10. The maximum absolute atomic E-state index is 2.27. The molecular weight excluding hydrogens is 244 g/mol. The number of anilines is 2. The van der Waals surface area contributed by atoms with Gasteiger partial charge >= 0.3 is 0 Å². The van der Waals surface area contributed by atoms with Crippen LogP contribution in [0, 0.1) is 13.8 Å². The van der Waals surface area contributed by atoms with Gasteiger partial charge in [0, 0.05) is 39.6 Å². The topological polar surface area (TPSA) is 6.48 Å². The van der Waals surface area contributed by atoms with Crippen LogP contribution in [0.2, 0.25) is 0 Å². The van der Waals surface area contributed by atoms with E-state index in [-0.39, 0.29) is 0 Å². The zero-order valence-corrected chi connectivity index (χ0v) is 13.4. The van der Waals surface area contributed by atoms with Gasteiger partial charge in [0.05, 0.1) is 0 Å². The van der Waals surface area contributed by atoms with Crippen LogP contribution in [0.4, 0.5) is 11.4 Å². The third kappa shape index (κ3) is 2.79. The Morgan fingerprint density at radius 3 is 1.80 bits per heavy atom. The molecule has 0 spiro atoms. The smallest absolute Gasteiger partial charge is 0.0420 e. The summed E-state index contributed by atoms with van der Waals surface area (Å²) in [4.78, 5) is 4.32. The molecule has 0 aliphatic carbocycles. The van der Waals surface area contributed by atoms with E-state index in [0.717, 1.165) is 0 Å². The molecule has 0 radical (unpaired) electrons. The molecule has 2 rings (SSSR count). The minimum atomic E-state index is 1.23. The molecule has 106 valence electrons. The zero-order valence-electron chi connectivity index (χ0n) is 13.4. The number of hydrogen-bond acceptors (Lipinski definition) is 2. The summed E-state index contributed by atoms with van der Waals surface area (Å²) in [5, 5.41) is 0.